The number of methoxy groups -OCH3 is 2. The number of carbonyl (C=O) groups is 1. The molecule has 1 atom stereocenters. The van der Waals surface area contributed by atoms with Gasteiger partial charge in [-0.3, -0.25) is 9.69 Å². The van der Waals surface area contributed by atoms with E-state index in [4.69, 9.17) is 14.0 Å². The van der Waals surface area contributed by atoms with E-state index >= 15 is 0 Å². The molecule has 128 valence electrons. The highest BCUT2D eigenvalue weighted by Crippen LogP contribution is 2.23. The van der Waals surface area contributed by atoms with Crippen LogP contribution in [0.3, 0.4) is 0 Å². The zero-order chi connectivity index (χ0) is 16.9. The normalized spacial score (nSPS) is 18.3. The minimum atomic E-state index is -0.236. The van der Waals surface area contributed by atoms with E-state index in [2.05, 4.69) is 10.1 Å². The predicted octanol–water partition coefficient (Wildman–Crippen LogP) is 2.27. The van der Waals surface area contributed by atoms with Crippen molar-refractivity contribution >= 4 is 5.97 Å². The molecule has 0 N–H and O–H groups in total. The van der Waals surface area contributed by atoms with Crippen LogP contribution in [0.1, 0.15) is 25.2 Å². The Labute approximate surface area is 140 Å². The molecular formula is C17H21N3O4. The molecule has 7 nitrogen and oxygen atoms in total. The van der Waals surface area contributed by atoms with Crippen molar-refractivity contribution in [2.24, 2.45) is 0 Å². The molecular weight excluding hydrogens is 310 g/mol. The van der Waals surface area contributed by atoms with Gasteiger partial charge in [0.15, 0.2) is 0 Å². The summed E-state index contributed by atoms with van der Waals surface area (Å²) in [7, 11) is 3.04. The molecule has 2 aromatic rings. The van der Waals surface area contributed by atoms with E-state index < -0.39 is 0 Å². The Bertz CT molecular complexity index is 683. The summed E-state index contributed by atoms with van der Waals surface area (Å²) in [6.45, 7) is 1.27. The molecule has 1 aromatic carbocycles. The van der Waals surface area contributed by atoms with Crippen LogP contribution in [-0.4, -0.2) is 47.8 Å². The van der Waals surface area contributed by atoms with Crippen molar-refractivity contribution in [1.82, 2.24) is 15.0 Å². The third-order valence-corrected chi connectivity index (χ3v) is 4.24. The lowest BCUT2D eigenvalue weighted by atomic mass is 10.0. The molecule has 0 aliphatic carbocycles. The van der Waals surface area contributed by atoms with E-state index in [1.54, 1.807) is 7.11 Å². The first kappa shape index (κ1) is 16.4. The Morgan fingerprint density at radius 3 is 2.79 bits per heavy atom. The van der Waals surface area contributed by atoms with E-state index in [0.29, 0.717) is 18.3 Å². The molecule has 24 heavy (non-hydrogen) atoms. The zero-order valence-corrected chi connectivity index (χ0v) is 13.9. The highest BCUT2D eigenvalue weighted by molar-refractivity contribution is 5.75. The fourth-order valence-corrected chi connectivity index (χ4v) is 2.93. The minimum Gasteiger partial charge on any atom is -0.497 e. The van der Waals surface area contributed by atoms with Crippen LogP contribution in [0, 0.1) is 0 Å². The van der Waals surface area contributed by atoms with Crippen LogP contribution in [0.25, 0.3) is 11.4 Å². The summed E-state index contributed by atoms with van der Waals surface area (Å²) >= 11 is 0. The van der Waals surface area contributed by atoms with Gasteiger partial charge < -0.3 is 14.0 Å². The Hall–Kier alpha value is -2.41. The number of esters is 1. The van der Waals surface area contributed by atoms with Crippen molar-refractivity contribution < 1.29 is 18.8 Å². The van der Waals surface area contributed by atoms with Crippen LogP contribution in [-0.2, 0) is 16.1 Å². The summed E-state index contributed by atoms with van der Waals surface area (Å²) in [5.41, 5.74) is 0.856. The molecule has 0 saturated carbocycles. The van der Waals surface area contributed by atoms with E-state index in [-0.39, 0.29) is 12.0 Å². The van der Waals surface area contributed by atoms with Gasteiger partial charge in [0.05, 0.1) is 20.8 Å². The van der Waals surface area contributed by atoms with E-state index in [9.17, 15) is 4.79 Å². The fraction of sp³-hybridized carbons (Fsp3) is 0.471. The van der Waals surface area contributed by atoms with Crippen molar-refractivity contribution in [2.45, 2.75) is 31.8 Å². The molecule has 1 fully saturated rings. The van der Waals surface area contributed by atoms with Crippen LogP contribution in [0.5, 0.6) is 5.75 Å². The number of aromatic nitrogens is 2. The second kappa shape index (κ2) is 7.44. The average Bonchev–Trinajstić information content (AvgIpc) is 3.10. The molecule has 1 aromatic heterocycles. The van der Waals surface area contributed by atoms with Gasteiger partial charge in [0.1, 0.15) is 11.8 Å². The van der Waals surface area contributed by atoms with Gasteiger partial charge in [-0.25, -0.2) is 0 Å². The second-order valence-electron chi connectivity index (χ2n) is 5.75. The summed E-state index contributed by atoms with van der Waals surface area (Å²) < 4.78 is 15.4. The van der Waals surface area contributed by atoms with Gasteiger partial charge in [0.25, 0.3) is 0 Å². The first-order valence-corrected chi connectivity index (χ1v) is 8.00. The molecule has 0 radical (unpaired) electrons. The van der Waals surface area contributed by atoms with Crippen LogP contribution in [0.2, 0.25) is 0 Å². The van der Waals surface area contributed by atoms with Gasteiger partial charge in [0, 0.05) is 5.56 Å². The summed E-state index contributed by atoms with van der Waals surface area (Å²) in [6, 6.07) is 7.23. The summed E-state index contributed by atoms with van der Waals surface area (Å²) in [4.78, 5) is 18.4. The molecule has 1 saturated heterocycles. The summed E-state index contributed by atoms with van der Waals surface area (Å²) in [6.07, 6.45) is 2.87. The first-order chi connectivity index (χ1) is 11.7. The quantitative estimate of drug-likeness (QED) is 0.778. The highest BCUT2D eigenvalue weighted by Gasteiger charge is 2.30. The van der Waals surface area contributed by atoms with Gasteiger partial charge >= 0.3 is 5.97 Å². The lowest BCUT2D eigenvalue weighted by Gasteiger charge is -2.32. The van der Waals surface area contributed by atoms with Crippen molar-refractivity contribution in [2.75, 3.05) is 20.8 Å². The van der Waals surface area contributed by atoms with Gasteiger partial charge in [-0.05, 0) is 43.7 Å². The number of rotatable bonds is 5. The number of carbonyl (C=O) groups excluding carboxylic acids is 1. The SMILES string of the molecule is COC(=O)[C@H]1CCCCN1Cc1nc(-c2ccc(OC)cc2)no1. The van der Waals surface area contributed by atoms with Gasteiger partial charge in [-0.2, -0.15) is 4.98 Å². The van der Waals surface area contributed by atoms with E-state index in [1.807, 2.05) is 29.2 Å². The van der Waals surface area contributed by atoms with Crippen LogP contribution < -0.4 is 4.74 Å². The minimum absolute atomic E-state index is 0.204. The third-order valence-electron chi connectivity index (χ3n) is 4.24. The van der Waals surface area contributed by atoms with Crippen LogP contribution in [0.4, 0.5) is 0 Å². The number of benzene rings is 1. The standard InChI is InChI=1S/C17H21N3O4/c1-22-13-8-6-12(7-9-13)16-18-15(24-19-16)11-20-10-4-3-5-14(20)17(21)23-2/h6-9,14H,3-5,10-11H2,1-2H3/t14-/m1/s1. The monoisotopic (exact) mass is 331 g/mol. The summed E-state index contributed by atoms with van der Waals surface area (Å²) in [5.74, 6) is 1.59. The summed E-state index contributed by atoms with van der Waals surface area (Å²) in [5, 5.41) is 4.03. The molecule has 0 bridgehead atoms. The largest absolute Gasteiger partial charge is 0.497 e. The van der Waals surface area contributed by atoms with Crippen molar-refractivity contribution in [1.29, 1.82) is 0 Å². The third kappa shape index (κ3) is 3.56. The number of likely N-dealkylation sites (tertiary alicyclic amines) is 1. The molecule has 0 amide bonds. The maximum absolute atomic E-state index is 11.9. The average molecular weight is 331 g/mol. The van der Waals surface area contributed by atoms with Crippen LogP contribution in [0.15, 0.2) is 28.8 Å². The lowest BCUT2D eigenvalue weighted by Crippen LogP contribution is -2.44. The molecule has 2 heterocycles. The molecule has 0 unspecified atom stereocenters. The Kier molecular flexibility index (Phi) is 5.10. The first-order valence-electron chi connectivity index (χ1n) is 8.00. The number of piperidine rings is 1. The van der Waals surface area contributed by atoms with Crippen molar-refractivity contribution in [3.8, 4) is 17.1 Å². The lowest BCUT2D eigenvalue weighted by molar-refractivity contribution is -0.148. The highest BCUT2D eigenvalue weighted by atomic mass is 16.5. The van der Waals surface area contributed by atoms with Gasteiger partial charge in [-0.1, -0.05) is 11.6 Å². The molecule has 7 heteroatoms. The van der Waals surface area contributed by atoms with E-state index in [0.717, 1.165) is 37.1 Å². The van der Waals surface area contributed by atoms with Gasteiger partial charge in [-0.15, -0.1) is 0 Å². The fourth-order valence-electron chi connectivity index (χ4n) is 2.93. The number of hydrogen-bond donors (Lipinski definition) is 0. The Balaban J connectivity index is 1.71. The van der Waals surface area contributed by atoms with Gasteiger partial charge in [0.2, 0.25) is 11.7 Å². The van der Waals surface area contributed by atoms with Crippen LogP contribution >= 0.6 is 0 Å². The topological polar surface area (TPSA) is 77.7 Å². The Morgan fingerprint density at radius 1 is 1.29 bits per heavy atom. The second-order valence-corrected chi connectivity index (χ2v) is 5.75. The zero-order valence-electron chi connectivity index (χ0n) is 13.9. The maximum atomic E-state index is 11.9. The predicted molar refractivity (Wildman–Crippen MR) is 86.4 cm³/mol. The van der Waals surface area contributed by atoms with E-state index in [1.165, 1.54) is 7.11 Å². The van der Waals surface area contributed by atoms with Crippen molar-refractivity contribution in [3.63, 3.8) is 0 Å². The maximum Gasteiger partial charge on any atom is 0.323 e. The smallest absolute Gasteiger partial charge is 0.323 e. The molecule has 3 rings (SSSR count). The Morgan fingerprint density at radius 2 is 2.08 bits per heavy atom. The molecule has 1 aliphatic heterocycles. The molecule has 1 aliphatic rings. The van der Waals surface area contributed by atoms with Crippen molar-refractivity contribution in [3.05, 3.63) is 30.2 Å². The number of hydrogen-bond acceptors (Lipinski definition) is 7. The number of ether oxygens (including phenoxy) is 2. The molecule has 0 spiro atoms. The number of nitrogens with zero attached hydrogens (tertiary/aromatic N) is 3.